The maximum atomic E-state index is 6.53. The van der Waals surface area contributed by atoms with Crippen LogP contribution in [0.15, 0.2) is 48.5 Å². The summed E-state index contributed by atoms with van der Waals surface area (Å²) in [5, 5.41) is 0. The van der Waals surface area contributed by atoms with E-state index in [1.165, 1.54) is 138 Å². The Morgan fingerprint density at radius 1 is 0.365 bits per heavy atom. The fraction of sp³-hybridized carbons (Fsp3) is 0.560. The second-order valence-corrected chi connectivity index (χ2v) is 15.0. The average molecular weight is 703 g/mol. The molecule has 0 radical (unpaired) electrons. The highest BCUT2D eigenvalue weighted by atomic mass is 16.5. The van der Waals surface area contributed by atoms with E-state index in [0.717, 1.165) is 46.6 Å². The molecule has 0 amide bonds. The predicted octanol–water partition coefficient (Wildman–Crippen LogP) is 14.3. The molecular weight excluding hydrogens is 633 g/mol. The summed E-state index contributed by atoms with van der Waals surface area (Å²) >= 11 is 0. The van der Waals surface area contributed by atoms with Crippen LogP contribution in [0.4, 0.5) is 0 Å². The molecule has 0 N–H and O–H groups in total. The van der Waals surface area contributed by atoms with Crippen molar-refractivity contribution in [3.63, 3.8) is 0 Å². The van der Waals surface area contributed by atoms with Crippen molar-refractivity contribution in [3.05, 3.63) is 93.0 Å². The maximum Gasteiger partial charge on any atom is 0.136 e. The summed E-state index contributed by atoms with van der Waals surface area (Å²) in [6.45, 7) is 14.4. The Morgan fingerprint density at radius 3 is 1.02 bits per heavy atom. The van der Waals surface area contributed by atoms with Gasteiger partial charge in [-0.3, -0.25) is 0 Å². The smallest absolute Gasteiger partial charge is 0.136 e. The number of rotatable bonds is 24. The molecule has 0 aliphatic rings. The number of ether oxygens (including phenoxy) is 2. The number of hydrogen-bond acceptors (Lipinski definition) is 2. The normalized spacial score (nSPS) is 10.7. The number of unbranched alkanes of at least 4 members (excludes halogenated alkanes) is 18. The van der Waals surface area contributed by atoms with Crippen molar-refractivity contribution in [1.82, 2.24) is 0 Å². The minimum absolute atomic E-state index is 0.678. The topological polar surface area (TPSA) is 18.5 Å². The molecule has 0 spiro atoms. The Kier molecular flexibility index (Phi) is 21.6. The summed E-state index contributed by atoms with van der Waals surface area (Å²) in [6, 6.07) is 17.1. The SMILES string of the molecule is CCCCCCCCCCCCOc1cc(C#Cc2cc(C)ccc2C)c(OCCCCCCCCCCCC)cc1C#Cc1cc(C)ccc1C. The van der Waals surface area contributed by atoms with E-state index < -0.39 is 0 Å². The lowest BCUT2D eigenvalue weighted by Gasteiger charge is -2.14. The van der Waals surface area contributed by atoms with Gasteiger partial charge in [-0.05, 0) is 74.9 Å². The molecule has 282 valence electrons. The first kappa shape index (κ1) is 42.8. The van der Waals surface area contributed by atoms with Crippen molar-refractivity contribution in [3.8, 4) is 35.2 Å². The molecule has 2 nitrogen and oxygen atoms in total. The summed E-state index contributed by atoms with van der Waals surface area (Å²) in [4.78, 5) is 0. The lowest BCUT2D eigenvalue weighted by Crippen LogP contribution is -2.03. The van der Waals surface area contributed by atoms with E-state index in [2.05, 4.69) is 114 Å². The Labute approximate surface area is 319 Å². The minimum atomic E-state index is 0.678. The van der Waals surface area contributed by atoms with Crippen LogP contribution in [0, 0.1) is 51.4 Å². The molecule has 0 aliphatic heterocycles. The zero-order valence-electron chi connectivity index (χ0n) is 34.0. The molecule has 3 aromatic rings. The second-order valence-electron chi connectivity index (χ2n) is 15.0. The Bertz CT molecular complexity index is 1450. The van der Waals surface area contributed by atoms with Gasteiger partial charge in [-0.2, -0.15) is 0 Å². The highest BCUT2D eigenvalue weighted by Gasteiger charge is 2.12. The second kappa shape index (κ2) is 26.2. The third kappa shape index (κ3) is 17.3. The van der Waals surface area contributed by atoms with E-state index in [0.29, 0.717) is 13.2 Å². The lowest BCUT2D eigenvalue weighted by molar-refractivity contribution is 0.295. The summed E-state index contributed by atoms with van der Waals surface area (Å²) in [6.07, 6.45) is 26.0. The first-order valence-corrected chi connectivity index (χ1v) is 21.0. The van der Waals surface area contributed by atoms with Crippen molar-refractivity contribution in [1.29, 1.82) is 0 Å². The Morgan fingerprint density at radius 2 is 0.673 bits per heavy atom. The van der Waals surface area contributed by atoms with Crippen molar-refractivity contribution >= 4 is 0 Å². The van der Waals surface area contributed by atoms with Gasteiger partial charge in [0.05, 0.1) is 24.3 Å². The number of hydrogen-bond donors (Lipinski definition) is 0. The fourth-order valence-electron chi connectivity index (χ4n) is 6.55. The van der Waals surface area contributed by atoms with Crippen LogP contribution in [-0.2, 0) is 0 Å². The molecule has 0 fully saturated rings. The third-order valence-corrected chi connectivity index (χ3v) is 10.0. The van der Waals surface area contributed by atoms with Gasteiger partial charge in [0.2, 0.25) is 0 Å². The van der Waals surface area contributed by atoms with Gasteiger partial charge in [0.25, 0.3) is 0 Å². The predicted molar refractivity (Wildman–Crippen MR) is 225 cm³/mol. The van der Waals surface area contributed by atoms with E-state index in [1.807, 2.05) is 0 Å². The number of aryl methyl sites for hydroxylation is 4. The van der Waals surface area contributed by atoms with Gasteiger partial charge in [0, 0.05) is 23.3 Å². The Balaban J connectivity index is 1.77. The molecular formula is C50H70O2. The quantitative estimate of drug-likeness (QED) is 0.0683. The van der Waals surface area contributed by atoms with Gasteiger partial charge in [0.15, 0.2) is 0 Å². The first-order valence-electron chi connectivity index (χ1n) is 21.0. The maximum absolute atomic E-state index is 6.53. The highest BCUT2D eigenvalue weighted by molar-refractivity contribution is 5.61. The molecule has 0 aliphatic carbocycles. The van der Waals surface area contributed by atoms with Crippen LogP contribution in [-0.4, -0.2) is 13.2 Å². The van der Waals surface area contributed by atoms with Crippen LogP contribution in [0.5, 0.6) is 11.5 Å². The van der Waals surface area contributed by atoms with Gasteiger partial charge in [-0.25, -0.2) is 0 Å². The van der Waals surface area contributed by atoms with Crippen LogP contribution >= 0.6 is 0 Å². The van der Waals surface area contributed by atoms with Crippen molar-refractivity contribution in [2.45, 2.75) is 170 Å². The van der Waals surface area contributed by atoms with Crippen LogP contribution in [0.2, 0.25) is 0 Å². The van der Waals surface area contributed by atoms with Gasteiger partial charge < -0.3 is 9.47 Å². The van der Waals surface area contributed by atoms with Crippen LogP contribution < -0.4 is 9.47 Å². The van der Waals surface area contributed by atoms with Gasteiger partial charge in [-0.15, -0.1) is 0 Å². The molecule has 0 saturated carbocycles. The van der Waals surface area contributed by atoms with E-state index in [-0.39, 0.29) is 0 Å². The molecule has 0 bridgehead atoms. The van der Waals surface area contributed by atoms with Gasteiger partial charge in [-0.1, -0.05) is 177 Å². The molecule has 2 heteroatoms. The highest BCUT2D eigenvalue weighted by Crippen LogP contribution is 2.30. The molecule has 0 heterocycles. The van der Waals surface area contributed by atoms with E-state index in [1.54, 1.807) is 0 Å². The van der Waals surface area contributed by atoms with E-state index >= 15 is 0 Å². The fourth-order valence-corrected chi connectivity index (χ4v) is 6.55. The molecule has 0 atom stereocenters. The summed E-state index contributed by atoms with van der Waals surface area (Å²) in [5.74, 6) is 15.5. The molecule has 3 aromatic carbocycles. The molecule has 3 rings (SSSR count). The third-order valence-electron chi connectivity index (χ3n) is 10.0. The van der Waals surface area contributed by atoms with Crippen LogP contribution in [0.25, 0.3) is 0 Å². The monoisotopic (exact) mass is 703 g/mol. The molecule has 0 unspecified atom stereocenters. The van der Waals surface area contributed by atoms with E-state index in [4.69, 9.17) is 9.47 Å². The average Bonchev–Trinajstić information content (AvgIpc) is 3.14. The van der Waals surface area contributed by atoms with E-state index in [9.17, 15) is 0 Å². The summed E-state index contributed by atoms with van der Waals surface area (Å²) < 4.78 is 13.1. The minimum Gasteiger partial charge on any atom is -0.492 e. The standard InChI is InChI=1S/C50H70O2/c1-7-9-11-13-15-17-19-21-23-25-35-51-49-39-48(34-32-46-38-42(4)28-30-44(46)6)50(52-36-26-24-22-20-18-16-14-12-10-8-2)40-47(49)33-31-45-37-41(3)27-29-43(45)5/h27-30,37-40H,7-26,35-36H2,1-6H3. The van der Waals surface area contributed by atoms with Crippen molar-refractivity contribution < 1.29 is 9.47 Å². The zero-order valence-corrected chi connectivity index (χ0v) is 34.0. The summed E-state index contributed by atoms with van der Waals surface area (Å²) in [7, 11) is 0. The zero-order chi connectivity index (χ0) is 37.2. The Hall–Kier alpha value is -3.62. The summed E-state index contributed by atoms with van der Waals surface area (Å²) in [5.41, 5.74) is 8.61. The largest absolute Gasteiger partial charge is 0.492 e. The first-order chi connectivity index (χ1) is 25.4. The number of benzene rings is 3. The van der Waals surface area contributed by atoms with Gasteiger partial charge in [0.1, 0.15) is 11.5 Å². The van der Waals surface area contributed by atoms with Crippen LogP contribution in [0.3, 0.4) is 0 Å². The lowest BCUT2D eigenvalue weighted by atomic mass is 10.0. The van der Waals surface area contributed by atoms with Crippen LogP contribution in [0.1, 0.15) is 187 Å². The van der Waals surface area contributed by atoms with Gasteiger partial charge >= 0.3 is 0 Å². The van der Waals surface area contributed by atoms with Crippen molar-refractivity contribution in [2.24, 2.45) is 0 Å². The van der Waals surface area contributed by atoms with Crippen molar-refractivity contribution in [2.75, 3.05) is 13.2 Å². The molecule has 0 saturated heterocycles. The molecule has 0 aromatic heterocycles. The molecule has 52 heavy (non-hydrogen) atoms.